The van der Waals surface area contributed by atoms with E-state index in [1.807, 2.05) is 27.7 Å². The highest BCUT2D eigenvalue weighted by Gasteiger charge is 2.40. The Kier molecular flexibility index (Phi) is 6.45. The largest absolute Gasteiger partial charge is 0.316 e. The summed E-state index contributed by atoms with van der Waals surface area (Å²) < 4.78 is 0. The molecule has 1 saturated heterocycles. The third-order valence-corrected chi connectivity index (χ3v) is 2.80. The van der Waals surface area contributed by atoms with E-state index in [1.165, 1.54) is 19.5 Å². The van der Waals surface area contributed by atoms with Crippen LogP contribution in [0.25, 0.3) is 0 Å². The zero-order valence-corrected chi connectivity index (χ0v) is 9.35. The molecule has 2 rings (SSSR count). The highest BCUT2D eigenvalue weighted by molar-refractivity contribution is 4.93. The summed E-state index contributed by atoms with van der Waals surface area (Å²) in [5.74, 6) is 3.13. The molecule has 74 valence electrons. The van der Waals surface area contributed by atoms with Crippen molar-refractivity contribution in [3.05, 3.63) is 0 Å². The topological polar surface area (TPSA) is 12.0 Å². The van der Waals surface area contributed by atoms with E-state index in [9.17, 15) is 0 Å². The quantitative estimate of drug-likeness (QED) is 0.591. The SMILES string of the molecule is CC.CC.CC1CC2CNCC12. The van der Waals surface area contributed by atoms with Gasteiger partial charge >= 0.3 is 0 Å². The van der Waals surface area contributed by atoms with Gasteiger partial charge in [-0.3, -0.25) is 0 Å². The smallest absolute Gasteiger partial charge is 0.00147 e. The minimum Gasteiger partial charge on any atom is -0.316 e. The first-order chi connectivity index (χ1) is 5.88. The van der Waals surface area contributed by atoms with Crippen LogP contribution in [0.4, 0.5) is 0 Å². The lowest BCUT2D eigenvalue weighted by molar-refractivity contribution is 0.140. The Morgan fingerprint density at radius 3 is 1.92 bits per heavy atom. The average molecular weight is 171 g/mol. The summed E-state index contributed by atoms with van der Waals surface area (Å²) >= 11 is 0. The van der Waals surface area contributed by atoms with E-state index >= 15 is 0 Å². The number of rotatable bonds is 0. The molecule has 0 aromatic rings. The van der Waals surface area contributed by atoms with Crippen molar-refractivity contribution >= 4 is 0 Å². The van der Waals surface area contributed by atoms with Gasteiger partial charge in [-0.2, -0.15) is 0 Å². The average Bonchev–Trinajstić information content (AvgIpc) is 2.53. The van der Waals surface area contributed by atoms with Crippen LogP contribution in [0.15, 0.2) is 0 Å². The summed E-state index contributed by atoms with van der Waals surface area (Å²) in [6, 6.07) is 0. The van der Waals surface area contributed by atoms with Gasteiger partial charge in [-0.1, -0.05) is 34.6 Å². The summed E-state index contributed by atoms with van der Waals surface area (Å²) in [4.78, 5) is 0. The standard InChI is InChI=1S/C7H13N.2C2H6/c1-5-2-6-3-8-4-7(5)6;2*1-2/h5-8H,2-4H2,1H3;2*1-2H3. The summed E-state index contributed by atoms with van der Waals surface area (Å²) in [7, 11) is 0. The zero-order valence-electron chi connectivity index (χ0n) is 9.35. The molecule has 1 aliphatic heterocycles. The first-order valence-corrected chi connectivity index (χ1v) is 5.58. The zero-order chi connectivity index (χ0) is 9.56. The molecule has 0 amide bonds. The Hall–Kier alpha value is -0.0400. The predicted molar refractivity (Wildman–Crippen MR) is 56.3 cm³/mol. The molecule has 0 aromatic carbocycles. The molecule has 1 aliphatic carbocycles. The summed E-state index contributed by atoms with van der Waals surface area (Å²) in [5, 5.41) is 3.41. The van der Waals surface area contributed by atoms with E-state index in [1.54, 1.807) is 0 Å². The minimum absolute atomic E-state index is 1.02. The van der Waals surface area contributed by atoms with E-state index in [0.717, 1.165) is 17.8 Å². The maximum Gasteiger partial charge on any atom is -0.00147 e. The van der Waals surface area contributed by atoms with Gasteiger partial charge in [-0.25, -0.2) is 0 Å². The maximum atomic E-state index is 3.41. The monoisotopic (exact) mass is 171 g/mol. The van der Waals surface area contributed by atoms with Crippen LogP contribution in [0.5, 0.6) is 0 Å². The number of nitrogens with one attached hydrogen (secondary N) is 1. The third-order valence-electron chi connectivity index (χ3n) is 2.80. The lowest BCUT2D eigenvalue weighted by Crippen LogP contribution is -2.33. The van der Waals surface area contributed by atoms with Crippen LogP contribution >= 0.6 is 0 Å². The number of hydrogen-bond acceptors (Lipinski definition) is 1. The minimum atomic E-state index is 1.02. The van der Waals surface area contributed by atoms with Gasteiger partial charge in [-0.05, 0) is 37.3 Å². The summed E-state index contributed by atoms with van der Waals surface area (Å²) in [6.45, 7) is 13.0. The normalized spacial score (nSPS) is 36.2. The highest BCUT2D eigenvalue weighted by Crippen LogP contribution is 2.41. The van der Waals surface area contributed by atoms with E-state index < -0.39 is 0 Å². The fourth-order valence-electron chi connectivity index (χ4n) is 2.13. The van der Waals surface area contributed by atoms with Gasteiger partial charge in [-0.15, -0.1) is 0 Å². The van der Waals surface area contributed by atoms with Gasteiger partial charge in [0.15, 0.2) is 0 Å². The highest BCUT2D eigenvalue weighted by atomic mass is 14.9. The fourth-order valence-corrected chi connectivity index (χ4v) is 2.13. The summed E-state index contributed by atoms with van der Waals surface area (Å²) in [6.07, 6.45) is 1.48. The van der Waals surface area contributed by atoms with Crippen LogP contribution in [0.3, 0.4) is 0 Å². The van der Waals surface area contributed by atoms with Gasteiger partial charge in [0, 0.05) is 0 Å². The predicted octanol–water partition coefficient (Wildman–Crippen LogP) is 2.91. The van der Waals surface area contributed by atoms with Crippen LogP contribution in [0.2, 0.25) is 0 Å². The van der Waals surface area contributed by atoms with Crippen LogP contribution in [-0.2, 0) is 0 Å². The van der Waals surface area contributed by atoms with Gasteiger partial charge in [0.05, 0.1) is 0 Å². The molecule has 1 nitrogen and oxygen atoms in total. The Morgan fingerprint density at radius 1 is 1.00 bits per heavy atom. The van der Waals surface area contributed by atoms with Crippen molar-refractivity contribution < 1.29 is 0 Å². The molecule has 1 heteroatoms. The third kappa shape index (κ3) is 2.48. The van der Waals surface area contributed by atoms with Gasteiger partial charge in [0.1, 0.15) is 0 Å². The second-order valence-corrected chi connectivity index (χ2v) is 3.30. The second kappa shape index (κ2) is 6.47. The van der Waals surface area contributed by atoms with Gasteiger partial charge in [0.25, 0.3) is 0 Å². The van der Waals surface area contributed by atoms with E-state index in [0.29, 0.717) is 0 Å². The first-order valence-electron chi connectivity index (χ1n) is 5.58. The molecule has 1 saturated carbocycles. The molecule has 2 fully saturated rings. The molecule has 3 atom stereocenters. The second-order valence-electron chi connectivity index (χ2n) is 3.30. The van der Waals surface area contributed by atoms with Crippen LogP contribution in [0, 0.1) is 17.8 Å². The van der Waals surface area contributed by atoms with Crippen molar-refractivity contribution in [3.63, 3.8) is 0 Å². The van der Waals surface area contributed by atoms with Crippen molar-refractivity contribution in [1.82, 2.24) is 5.32 Å². The molecular formula is C11H25N. The Labute approximate surface area is 77.9 Å². The number of fused-ring (bicyclic) bond motifs is 1. The molecule has 3 unspecified atom stereocenters. The molecule has 2 aliphatic rings. The number of hydrogen-bond donors (Lipinski definition) is 1. The first kappa shape index (κ1) is 12.0. The van der Waals surface area contributed by atoms with E-state index in [4.69, 9.17) is 0 Å². The van der Waals surface area contributed by atoms with Crippen LogP contribution in [0.1, 0.15) is 41.0 Å². The lowest BCUT2D eigenvalue weighted by Gasteiger charge is -2.36. The molecule has 0 aromatic heterocycles. The molecule has 0 bridgehead atoms. The van der Waals surface area contributed by atoms with Gasteiger partial charge < -0.3 is 5.32 Å². The van der Waals surface area contributed by atoms with Crippen molar-refractivity contribution in [3.8, 4) is 0 Å². The fraction of sp³-hybridized carbons (Fsp3) is 1.00. The van der Waals surface area contributed by atoms with E-state index in [-0.39, 0.29) is 0 Å². The van der Waals surface area contributed by atoms with E-state index in [2.05, 4.69) is 12.2 Å². The molecule has 0 radical (unpaired) electrons. The maximum absolute atomic E-state index is 3.41. The molecule has 12 heavy (non-hydrogen) atoms. The molecule has 1 N–H and O–H groups in total. The Morgan fingerprint density at radius 2 is 1.58 bits per heavy atom. The lowest BCUT2D eigenvalue weighted by atomic mass is 9.68. The van der Waals surface area contributed by atoms with Crippen molar-refractivity contribution in [2.45, 2.75) is 41.0 Å². The Bertz CT molecular complexity index is 101. The molecular weight excluding hydrogens is 146 g/mol. The van der Waals surface area contributed by atoms with Crippen LogP contribution < -0.4 is 5.32 Å². The Balaban J connectivity index is 0.000000269. The van der Waals surface area contributed by atoms with Crippen molar-refractivity contribution in [2.75, 3.05) is 13.1 Å². The summed E-state index contributed by atoms with van der Waals surface area (Å²) in [5.41, 5.74) is 0. The molecule has 0 spiro atoms. The van der Waals surface area contributed by atoms with Gasteiger partial charge in [0.2, 0.25) is 0 Å². The van der Waals surface area contributed by atoms with Crippen molar-refractivity contribution in [2.24, 2.45) is 17.8 Å². The van der Waals surface area contributed by atoms with Crippen LogP contribution in [-0.4, -0.2) is 13.1 Å². The molecule has 1 heterocycles. The van der Waals surface area contributed by atoms with Crippen molar-refractivity contribution in [1.29, 1.82) is 0 Å².